The molecule has 0 saturated carbocycles. The predicted molar refractivity (Wildman–Crippen MR) is 97.9 cm³/mol. The van der Waals surface area contributed by atoms with Crippen LogP contribution in [-0.4, -0.2) is 25.5 Å². The molecule has 1 heterocycles. The lowest BCUT2D eigenvalue weighted by molar-refractivity contribution is -0.122. The van der Waals surface area contributed by atoms with E-state index in [1.165, 1.54) is 5.56 Å². The minimum Gasteiger partial charge on any atom is -0.495 e. The zero-order valence-corrected chi connectivity index (χ0v) is 14.5. The molecule has 3 rings (SSSR count). The molecule has 1 aliphatic rings. The summed E-state index contributed by atoms with van der Waals surface area (Å²) < 4.78 is 5.25. The van der Waals surface area contributed by atoms with Gasteiger partial charge in [-0.05, 0) is 36.2 Å². The number of carbonyl (C=O) groups excluding carboxylic acids is 2. The van der Waals surface area contributed by atoms with E-state index < -0.39 is 0 Å². The Hall–Kier alpha value is -2.82. The number of amides is 2. The maximum absolute atomic E-state index is 12.6. The molecule has 25 heavy (non-hydrogen) atoms. The van der Waals surface area contributed by atoms with Gasteiger partial charge >= 0.3 is 0 Å². The molecule has 2 aromatic rings. The third kappa shape index (κ3) is 3.65. The number of carbonyl (C=O) groups is 2. The first-order valence-corrected chi connectivity index (χ1v) is 8.45. The Morgan fingerprint density at radius 2 is 1.92 bits per heavy atom. The molecule has 1 fully saturated rings. The number of para-hydroxylation sites is 2. The Morgan fingerprint density at radius 3 is 2.60 bits per heavy atom. The van der Waals surface area contributed by atoms with Crippen LogP contribution in [0, 0.1) is 5.92 Å². The fourth-order valence-corrected chi connectivity index (χ4v) is 3.03. The summed E-state index contributed by atoms with van der Waals surface area (Å²) in [4.78, 5) is 26.6. The molecule has 0 aromatic heterocycles. The average Bonchev–Trinajstić information content (AvgIpc) is 3.04. The molecule has 0 bridgehead atoms. The highest BCUT2D eigenvalue weighted by molar-refractivity contribution is 6.03. The van der Waals surface area contributed by atoms with Crippen LogP contribution in [0.1, 0.15) is 18.9 Å². The molecule has 0 unspecified atom stereocenters. The van der Waals surface area contributed by atoms with Gasteiger partial charge in [-0.3, -0.25) is 9.59 Å². The van der Waals surface area contributed by atoms with Gasteiger partial charge in [-0.2, -0.15) is 0 Å². The third-order valence-electron chi connectivity index (χ3n) is 4.52. The Bertz CT molecular complexity index is 771. The minimum absolute atomic E-state index is 0.0237. The first-order chi connectivity index (χ1) is 12.1. The van der Waals surface area contributed by atoms with Crippen LogP contribution in [0.4, 0.5) is 11.4 Å². The lowest BCUT2D eigenvalue weighted by atomic mass is 10.1. The molecule has 5 nitrogen and oxygen atoms in total. The summed E-state index contributed by atoms with van der Waals surface area (Å²) >= 11 is 0. The highest BCUT2D eigenvalue weighted by atomic mass is 16.5. The molecule has 2 aromatic carbocycles. The number of nitrogens with one attached hydrogen (secondary N) is 1. The molecule has 0 radical (unpaired) electrons. The van der Waals surface area contributed by atoms with E-state index in [-0.39, 0.29) is 24.2 Å². The quantitative estimate of drug-likeness (QED) is 0.910. The van der Waals surface area contributed by atoms with E-state index in [2.05, 4.69) is 12.2 Å². The van der Waals surface area contributed by atoms with Crippen molar-refractivity contribution in [2.24, 2.45) is 5.92 Å². The van der Waals surface area contributed by atoms with Gasteiger partial charge in [0.1, 0.15) is 5.75 Å². The maximum atomic E-state index is 12.6. The smallest absolute Gasteiger partial charge is 0.229 e. The summed E-state index contributed by atoms with van der Waals surface area (Å²) in [6.45, 7) is 2.49. The van der Waals surface area contributed by atoms with Crippen molar-refractivity contribution in [3.05, 3.63) is 54.1 Å². The van der Waals surface area contributed by atoms with Crippen LogP contribution in [0.3, 0.4) is 0 Å². The first-order valence-electron chi connectivity index (χ1n) is 8.45. The minimum atomic E-state index is -0.372. The third-order valence-corrected chi connectivity index (χ3v) is 4.52. The van der Waals surface area contributed by atoms with Crippen LogP contribution < -0.4 is 15.0 Å². The Balaban J connectivity index is 1.70. The molecule has 0 spiro atoms. The number of hydrogen-bond acceptors (Lipinski definition) is 3. The molecule has 2 amide bonds. The van der Waals surface area contributed by atoms with Crippen LogP contribution in [0.25, 0.3) is 0 Å². The van der Waals surface area contributed by atoms with Gasteiger partial charge in [-0.25, -0.2) is 0 Å². The molecule has 130 valence electrons. The second-order valence-corrected chi connectivity index (χ2v) is 6.11. The zero-order chi connectivity index (χ0) is 17.8. The van der Waals surface area contributed by atoms with E-state index in [1.54, 1.807) is 24.1 Å². The van der Waals surface area contributed by atoms with Gasteiger partial charge in [0.25, 0.3) is 0 Å². The van der Waals surface area contributed by atoms with Crippen molar-refractivity contribution in [1.29, 1.82) is 0 Å². The Labute approximate surface area is 147 Å². The molecule has 1 atom stereocenters. The molecule has 1 N–H and O–H groups in total. The SMILES string of the molecule is CCc1ccc(N2C[C@@H](C(=O)Nc3ccccc3OC)CC2=O)cc1. The number of hydrogen-bond donors (Lipinski definition) is 1. The van der Waals surface area contributed by atoms with Crippen molar-refractivity contribution in [3.63, 3.8) is 0 Å². The van der Waals surface area contributed by atoms with Crippen molar-refractivity contribution in [1.82, 2.24) is 0 Å². The Morgan fingerprint density at radius 1 is 1.20 bits per heavy atom. The van der Waals surface area contributed by atoms with Gasteiger partial charge < -0.3 is 15.0 Å². The topological polar surface area (TPSA) is 58.6 Å². The van der Waals surface area contributed by atoms with Gasteiger partial charge in [0.05, 0.1) is 18.7 Å². The van der Waals surface area contributed by atoms with Crippen molar-refractivity contribution in [2.45, 2.75) is 19.8 Å². The van der Waals surface area contributed by atoms with Crippen LogP contribution in [-0.2, 0) is 16.0 Å². The summed E-state index contributed by atoms with van der Waals surface area (Å²) in [5.74, 6) is 0.0467. The lowest BCUT2D eigenvalue weighted by Crippen LogP contribution is -2.28. The number of benzene rings is 2. The van der Waals surface area contributed by atoms with Crippen LogP contribution in [0.15, 0.2) is 48.5 Å². The fourth-order valence-electron chi connectivity index (χ4n) is 3.03. The lowest BCUT2D eigenvalue weighted by Gasteiger charge is -2.17. The molecule has 0 aliphatic carbocycles. The Kier molecular flexibility index (Phi) is 5.03. The number of aryl methyl sites for hydroxylation is 1. The molecular formula is C20H22N2O3. The molecular weight excluding hydrogens is 316 g/mol. The van der Waals surface area contributed by atoms with Crippen LogP contribution in [0.2, 0.25) is 0 Å². The summed E-state index contributed by atoms with van der Waals surface area (Å²) in [6, 6.07) is 15.2. The highest BCUT2D eigenvalue weighted by Crippen LogP contribution is 2.28. The van der Waals surface area contributed by atoms with Gasteiger partial charge in [0, 0.05) is 18.7 Å². The number of anilines is 2. The normalized spacial score (nSPS) is 16.8. The van der Waals surface area contributed by atoms with Gasteiger partial charge in [-0.15, -0.1) is 0 Å². The summed E-state index contributed by atoms with van der Waals surface area (Å²) in [7, 11) is 1.56. The monoisotopic (exact) mass is 338 g/mol. The average molecular weight is 338 g/mol. The summed E-state index contributed by atoms with van der Waals surface area (Å²) in [5, 5.41) is 2.87. The first kappa shape index (κ1) is 17.0. The van der Waals surface area contributed by atoms with Gasteiger partial charge in [0.2, 0.25) is 11.8 Å². The van der Waals surface area contributed by atoms with E-state index in [1.807, 2.05) is 36.4 Å². The van der Waals surface area contributed by atoms with Gasteiger partial charge in [-0.1, -0.05) is 31.2 Å². The fraction of sp³-hybridized carbons (Fsp3) is 0.300. The van der Waals surface area contributed by atoms with E-state index in [4.69, 9.17) is 4.74 Å². The second-order valence-electron chi connectivity index (χ2n) is 6.11. The zero-order valence-electron chi connectivity index (χ0n) is 14.5. The second kappa shape index (κ2) is 7.38. The van der Waals surface area contributed by atoms with Crippen LogP contribution >= 0.6 is 0 Å². The molecule has 5 heteroatoms. The highest BCUT2D eigenvalue weighted by Gasteiger charge is 2.35. The predicted octanol–water partition coefficient (Wildman–Crippen LogP) is 3.25. The molecule has 1 saturated heterocycles. The van der Waals surface area contributed by atoms with Gasteiger partial charge in [0.15, 0.2) is 0 Å². The van der Waals surface area contributed by atoms with Crippen molar-refractivity contribution < 1.29 is 14.3 Å². The molecule has 1 aliphatic heterocycles. The number of nitrogens with zero attached hydrogens (tertiary/aromatic N) is 1. The van der Waals surface area contributed by atoms with Crippen LogP contribution in [0.5, 0.6) is 5.75 Å². The standard InChI is InChI=1S/C20H22N2O3/c1-3-14-8-10-16(11-9-14)22-13-15(12-19(22)23)20(24)21-17-6-4-5-7-18(17)25-2/h4-11,15H,3,12-13H2,1-2H3,(H,21,24)/t15-/m0/s1. The van der Waals surface area contributed by atoms with Crippen molar-refractivity contribution in [3.8, 4) is 5.75 Å². The maximum Gasteiger partial charge on any atom is 0.229 e. The largest absolute Gasteiger partial charge is 0.495 e. The van der Waals surface area contributed by atoms with E-state index >= 15 is 0 Å². The number of rotatable bonds is 5. The van der Waals surface area contributed by atoms with E-state index in [0.29, 0.717) is 18.0 Å². The van der Waals surface area contributed by atoms with Crippen molar-refractivity contribution in [2.75, 3.05) is 23.9 Å². The van der Waals surface area contributed by atoms with E-state index in [0.717, 1.165) is 12.1 Å². The summed E-state index contributed by atoms with van der Waals surface area (Å²) in [5.41, 5.74) is 2.68. The number of methoxy groups -OCH3 is 1. The number of ether oxygens (including phenoxy) is 1. The summed E-state index contributed by atoms with van der Waals surface area (Å²) in [6.07, 6.45) is 1.18. The van der Waals surface area contributed by atoms with Crippen molar-refractivity contribution >= 4 is 23.2 Å². The van der Waals surface area contributed by atoms with E-state index in [9.17, 15) is 9.59 Å².